The number of ether oxygens (including phenoxy) is 7. The van der Waals surface area contributed by atoms with Crippen molar-refractivity contribution in [1.82, 2.24) is 49.7 Å². The average Bonchev–Trinajstić information content (AvgIpc) is 1.80. The zero-order chi connectivity index (χ0) is 97.6. The number of aryl methyl sites for hydroxylation is 2. The highest BCUT2D eigenvalue weighted by Gasteiger charge is 2.34. The van der Waals surface area contributed by atoms with Gasteiger partial charge in [-0.2, -0.15) is 38.2 Å². The molecule has 11 aromatic rings. The van der Waals surface area contributed by atoms with Crippen LogP contribution in [0.5, 0.6) is 41.2 Å². The Labute approximate surface area is 793 Å². The zero-order valence-corrected chi connectivity index (χ0v) is 84.7. The quantitative estimate of drug-likeness (QED) is 0.0566. The maximum atomic E-state index is 13.5. The standard InChI is InChI=1S/C18H22N2O.C16H22N4O.C15H22O.C14H16.C12H17FN2O2.C12H18FNO.C12H17FO2.C11H16FNO2/c1-18(2,3)17-19-15(14-7-5-4-6-8-14)11-16(20-17)21-12-13-9-10-13;1-16(2,3)15-18-13(12-8-17-20(4)9-12)7-14(19-15)21-10-11-5-6-11;1-11-7-13(15(2,3)4)9-14(8-11)16-10-12-5-6-12;1-14(2,3)13-9-8-11-6-4-5-7-12(11)10-13;1-12(2,3)11-14-9(16)8(13)10(15-11)17-6-7-4-5-7;1-12(2,3)10-6-9(13)11(14-10)15-7-8-4-5-8;1-12(2,3)10-6-9(13)11(15-10)14-7-8-4-5-8;1-11(2,3)10-13-8(12)9(15-10)14-6-7-4-5-7/h4-8,11,13H,9-10,12H2,1-3H3;7-9,11H,5-6,10H2,1-4H3;7-9,12H,5-6,10H2,1-4H3;4-10H,1-3H3;7H,4-6H2,1-3H3,(H,14,15,16);6,8,14H,4-5,7H2,1-3H3;6,8H,4-5,7H2,1-3H3;7H,4-6H2,1-3H3. The monoisotopic (exact) mass is 1850 g/mol. The van der Waals surface area contributed by atoms with Gasteiger partial charge in [-0.3, -0.25) is 9.48 Å². The number of furan rings is 1. The van der Waals surface area contributed by atoms with Crippen LogP contribution in [0.4, 0.5) is 17.6 Å². The van der Waals surface area contributed by atoms with E-state index in [1.807, 2.05) is 133 Å². The molecular formula is C110H150F4N10O10. The van der Waals surface area contributed by atoms with Crippen LogP contribution in [0.25, 0.3) is 33.3 Å². The van der Waals surface area contributed by atoms with Crippen LogP contribution in [0, 0.1) is 71.7 Å². The van der Waals surface area contributed by atoms with Gasteiger partial charge in [-0.1, -0.05) is 245 Å². The molecule has 728 valence electrons. The van der Waals surface area contributed by atoms with Gasteiger partial charge in [-0.25, -0.2) is 14.4 Å². The van der Waals surface area contributed by atoms with Crippen LogP contribution in [0.3, 0.4) is 0 Å². The minimum absolute atomic E-state index is 0.0480. The Morgan fingerprint density at radius 1 is 0.396 bits per heavy atom. The van der Waals surface area contributed by atoms with E-state index < -0.39 is 17.3 Å². The van der Waals surface area contributed by atoms with Crippen molar-refractivity contribution >= 4 is 10.8 Å². The van der Waals surface area contributed by atoms with E-state index in [0.29, 0.717) is 91.1 Å². The lowest BCUT2D eigenvalue weighted by Gasteiger charge is -2.20. The van der Waals surface area contributed by atoms with Crippen LogP contribution in [-0.4, -0.2) is 95.9 Å². The summed E-state index contributed by atoms with van der Waals surface area (Å²) in [6, 6.07) is 38.8. The average molecular weight is 1850 g/mol. The highest BCUT2D eigenvalue weighted by molar-refractivity contribution is 5.83. The SMILES string of the molecule is CC(C)(C)c1cc(F)c(OCC2CC2)[nH]1.CC(C)(C)c1cc(F)c(OCC2CC2)o1.CC(C)(C)c1ccc2ccccc2c1.CC(C)(C)c1nc(F)c(OCC2CC2)o1.CC(C)(C)c1nc(OCC2CC2)c(F)c(=O)[nH]1.CC(C)(C)c1nc(OCC2CC2)cc(-c2ccccc2)n1.Cc1cc(OCC2CC2)cc(C(C)(C)C)c1.Cn1cc(-c2cc(OCC3CC3)nc(C(C)(C)C)n2)cn1. The third-order valence-corrected chi connectivity index (χ3v) is 23.1. The minimum atomic E-state index is -0.932. The number of aromatic nitrogens is 10. The van der Waals surface area contributed by atoms with Crippen LogP contribution in [0.1, 0.15) is 308 Å². The number of oxazole rings is 1. The molecule has 0 amide bonds. The van der Waals surface area contributed by atoms with Gasteiger partial charge in [0.2, 0.25) is 35.2 Å². The second-order valence-corrected chi connectivity index (χ2v) is 45.7. The van der Waals surface area contributed by atoms with E-state index in [1.165, 1.54) is 117 Å². The topological polar surface area (TPSA) is 235 Å². The van der Waals surface area contributed by atoms with Gasteiger partial charge >= 0.3 is 11.9 Å². The summed E-state index contributed by atoms with van der Waals surface area (Å²) < 4.78 is 105. The van der Waals surface area contributed by atoms with Crippen molar-refractivity contribution < 1.29 is 59.6 Å². The molecule has 0 radical (unpaired) electrons. The molecule has 0 bridgehead atoms. The number of nitrogens with one attached hydrogen (secondary N) is 2. The molecule has 7 aromatic heterocycles. The molecule has 7 saturated carbocycles. The van der Waals surface area contributed by atoms with Crippen LogP contribution >= 0.6 is 0 Å². The first-order chi connectivity index (χ1) is 62.7. The van der Waals surface area contributed by atoms with Crippen LogP contribution in [0.2, 0.25) is 0 Å². The smallest absolute Gasteiger partial charge is 0.343 e. The molecular weight excluding hydrogens is 1700 g/mol. The lowest BCUT2D eigenvalue weighted by atomic mass is 9.86. The lowest BCUT2D eigenvalue weighted by molar-refractivity contribution is 0.206. The van der Waals surface area contributed by atoms with E-state index in [0.717, 1.165) is 90.1 Å². The molecule has 18 rings (SSSR count). The molecule has 7 heterocycles. The molecule has 134 heavy (non-hydrogen) atoms. The van der Waals surface area contributed by atoms with Crippen molar-refractivity contribution in [3.63, 3.8) is 0 Å². The number of rotatable bonds is 23. The van der Waals surface area contributed by atoms with Crippen molar-refractivity contribution in [2.75, 3.05) is 46.2 Å². The Morgan fingerprint density at radius 3 is 1.31 bits per heavy atom. The third kappa shape index (κ3) is 34.4. The number of fused-ring (bicyclic) bond motifs is 1. The molecule has 0 unspecified atom stereocenters. The van der Waals surface area contributed by atoms with Crippen LogP contribution in [-0.2, 0) is 50.4 Å². The van der Waals surface area contributed by atoms with Crippen LogP contribution < -0.4 is 38.7 Å². The van der Waals surface area contributed by atoms with E-state index in [-0.39, 0.29) is 72.7 Å². The Bertz CT molecular complexity index is 5490. The lowest BCUT2D eigenvalue weighted by Crippen LogP contribution is -2.25. The molecule has 7 aliphatic rings. The molecule has 20 nitrogen and oxygen atoms in total. The van der Waals surface area contributed by atoms with E-state index in [2.05, 4.69) is 203 Å². The van der Waals surface area contributed by atoms with Gasteiger partial charge in [0.25, 0.3) is 17.4 Å². The molecule has 7 fully saturated rings. The maximum absolute atomic E-state index is 13.5. The van der Waals surface area contributed by atoms with Crippen molar-refractivity contribution in [3.05, 3.63) is 213 Å². The Hall–Kier alpha value is -10.5. The van der Waals surface area contributed by atoms with Gasteiger partial charge in [0.05, 0.1) is 63.8 Å². The molecule has 0 saturated heterocycles. The predicted octanol–water partition coefficient (Wildman–Crippen LogP) is 27.1. The number of halogens is 4. The summed E-state index contributed by atoms with van der Waals surface area (Å²) in [6.07, 6.45) is 20.9. The fourth-order valence-corrected chi connectivity index (χ4v) is 12.8. The molecule has 4 aromatic carbocycles. The number of hydrogen-bond acceptors (Lipinski definition) is 17. The minimum Gasteiger partial charge on any atom is -0.493 e. The molecule has 0 aliphatic heterocycles. The van der Waals surface area contributed by atoms with Crippen molar-refractivity contribution in [2.24, 2.45) is 48.5 Å². The summed E-state index contributed by atoms with van der Waals surface area (Å²) in [7, 11) is 1.90. The maximum Gasteiger partial charge on any atom is 0.343 e. The fourth-order valence-electron chi connectivity index (χ4n) is 12.8. The predicted molar refractivity (Wildman–Crippen MR) is 525 cm³/mol. The summed E-state index contributed by atoms with van der Waals surface area (Å²) in [6.45, 7) is 56.5. The van der Waals surface area contributed by atoms with Crippen molar-refractivity contribution in [2.45, 2.75) is 306 Å². The Balaban J connectivity index is 0.000000148. The molecule has 7 aliphatic carbocycles. The van der Waals surface area contributed by atoms with Gasteiger partial charge < -0.3 is 52.0 Å². The van der Waals surface area contributed by atoms with E-state index in [9.17, 15) is 22.4 Å². The largest absolute Gasteiger partial charge is 0.493 e. The normalized spacial score (nSPS) is 15.6. The van der Waals surface area contributed by atoms with Crippen LogP contribution in [0.15, 0.2) is 141 Å². The first-order valence-electron chi connectivity index (χ1n) is 48.2. The highest BCUT2D eigenvalue weighted by Crippen LogP contribution is 2.41. The second kappa shape index (κ2) is 44.1. The van der Waals surface area contributed by atoms with Crippen molar-refractivity contribution in [1.29, 1.82) is 0 Å². The van der Waals surface area contributed by atoms with E-state index >= 15 is 0 Å². The molecule has 0 atom stereocenters. The first kappa shape index (κ1) is 104. The second-order valence-electron chi connectivity index (χ2n) is 45.7. The number of H-pyrrole nitrogens is 2. The number of nitrogens with zero attached hydrogens (tertiary/aromatic N) is 8. The summed E-state index contributed by atoms with van der Waals surface area (Å²) in [5, 5.41) is 6.87. The summed E-state index contributed by atoms with van der Waals surface area (Å²) in [5.41, 5.74) is 7.40. The summed E-state index contributed by atoms with van der Waals surface area (Å²) in [4.78, 5) is 43.2. The van der Waals surface area contributed by atoms with Gasteiger partial charge in [-0.15, -0.1) is 0 Å². The first-order valence-corrected chi connectivity index (χ1v) is 48.2. The van der Waals surface area contributed by atoms with E-state index in [1.54, 1.807) is 4.68 Å². The van der Waals surface area contributed by atoms with Gasteiger partial charge in [0.15, 0.2) is 5.82 Å². The third-order valence-electron chi connectivity index (χ3n) is 23.1. The number of aromatic amines is 2. The molecule has 2 N–H and O–H groups in total. The van der Waals surface area contributed by atoms with E-state index in [4.69, 9.17) is 47.0 Å². The van der Waals surface area contributed by atoms with Gasteiger partial charge in [0, 0.05) is 80.8 Å². The number of benzene rings is 4. The Kier molecular flexibility index (Phi) is 34.2. The van der Waals surface area contributed by atoms with Crippen molar-refractivity contribution in [3.8, 4) is 63.7 Å². The zero-order valence-electron chi connectivity index (χ0n) is 84.7. The highest BCUT2D eigenvalue weighted by atomic mass is 19.1. The summed E-state index contributed by atoms with van der Waals surface area (Å²) >= 11 is 0. The molecule has 0 spiro atoms. The van der Waals surface area contributed by atoms with Gasteiger partial charge in [0.1, 0.15) is 29.0 Å². The summed E-state index contributed by atoms with van der Waals surface area (Å²) in [5.74, 6) is 7.92. The Morgan fingerprint density at radius 2 is 0.866 bits per heavy atom. The molecule has 24 heteroatoms. The van der Waals surface area contributed by atoms with Gasteiger partial charge in [-0.05, 0) is 195 Å². The fraction of sp³-hybridized carbons (Fsp3) is 0.564. The number of hydrogen-bond donors (Lipinski definition) is 2.